The third-order valence-corrected chi connectivity index (χ3v) is 5.22. The van der Waals surface area contributed by atoms with Gasteiger partial charge in [0.05, 0.1) is 17.3 Å². The largest absolute Gasteiger partial charge is 0.392 e. The first-order chi connectivity index (χ1) is 9.56. The summed E-state index contributed by atoms with van der Waals surface area (Å²) in [5, 5.41) is 0. The van der Waals surface area contributed by atoms with E-state index in [0.717, 1.165) is 11.1 Å². The Kier molecular flexibility index (Phi) is 5.90. The zero-order valence-corrected chi connectivity index (χ0v) is 14.7. The molecule has 0 fully saturated rings. The van der Waals surface area contributed by atoms with Gasteiger partial charge in [0, 0.05) is 6.54 Å². The van der Waals surface area contributed by atoms with Crippen LogP contribution < -0.4 is 5.73 Å². The van der Waals surface area contributed by atoms with Gasteiger partial charge in [0.15, 0.2) is 0 Å². The second-order valence-electron chi connectivity index (χ2n) is 6.10. The number of nitrogens with zero attached hydrogens (tertiary/aromatic N) is 1. The summed E-state index contributed by atoms with van der Waals surface area (Å²) in [4.78, 5) is 0.184. The summed E-state index contributed by atoms with van der Waals surface area (Å²) >= 11 is 4.81. The van der Waals surface area contributed by atoms with Crippen molar-refractivity contribution in [2.75, 3.05) is 13.1 Å². The van der Waals surface area contributed by atoms with Crippen molar-refractivity contribution in [3.8, 4) is 0 Å². The zero-order valence-electron chi connectivity index (χ0n) is 13.1. The number of benzene rings is 1. The second kappa shape index (κ2) is 6.85. The van der Waals surface area contributed by atoms with Crippen molar-refractivity contribution in [2.24, 2.45) is 5.73 Å². The minimum atomic E-state index is -3.42. The van der Waals surface area contributed by atoms with Crippen molar-refractivity contribution < 1.29 is 8.42 Å². The average Bonchev–Trinajstić information content (AvgIpc) is 2.34. The molecule has 0 atom stereocenters. The minimum Gasteiger partial charge on any atom is -0.392 e. The number of rotatable bonds is 6. The molecule has 0 unspecified atom stereocenters. The average molecular weight is 329 g/mol. The number of sulfonamides is 1. The molecule has 0 aliphatic heterocycles. The van der Waals surface area contributed by atoms with Crippen molar-refractivity contribution >= 4 is 27.2 Å². The maximum Gasteiger partial charge on any atom is 0.218 e. The molecule has 1 aromatic rings. The van der Waals surface area contributed by atoms with Gasteiger partial charge in [0.2, 0.25) is 10.0 Å². The van der Waals surface area contributed by atoms with Crippen LogP contribution in [0.4, 0.5) is 0 Å². The highest BCUT2D eigenvalue weighted by Gasteiger charge is 2.22. The van der Waals surface area contributed by atoms with Crippen LogP contribution in [0.25, 0.3) is 0 Å². The fourth-order valence-corrected chi connectivity index (χ4v) is 3.76. The molecule has 0 aromatic heterocycles. The van der Waals surface area contributed by atoms with Gasteiger partial charge >= 0.3 is 0 Å². The Morgan fingerprint density at radius 1 is 1.33 bits per heavy atom. The molecular weight excluding hydrogens is 304 g/mol. The van der Waals surface area contributed by atoms with Crippen molar-refractivity contribution in [3.63, 3.8) is 0 Å². The molecule has 21 heavy (non-hydrogen) atoms. The number of nitrogens with two attached hydrogens (primary N) is 1. The van der Waals surface area contributed by atoms with Crippen LogP contribution in [-0.4, -0.2) is 30.8 Å². The lowest BCUT2D eigenvalue weighted by Gasteiger charge is -2.22. The smallest absolute Gasteiger partial charge is 0.218 e. The molecule has 0 saturated carbocycles. The van der Waals surface area contributed by atoms with E-state index < -0.39 is 10.0 Å². The monoisotopic (exact) mass is 328 g/mol. The van der Waals surface area contributed by atoms with Gasteiger partial charge in [0.1, 0.15) is 0 Å². The highest BCUT2D eigenvalue weighted by Crippen LogP contribution is 2.23. The van der Waals surface area contributed by atoms with Crippen LogP contribution in [0.15, 0.2) is 24.3 Å². The van der Waals surface area contributed by atoms with E-state index >= 15 is 0 Å². The lowest BCUT2D eigenvalue weighted by molar-refractivity contribution is 0.467. The third kappa shape index (κ3) is 5.37. The molecule has 0 aliphatic carbocycles. The molecule has 0 bridgehead atoms. The van der Waals surface area contributed by atoms with Gasteiger partial charge in [0.25, 0.3) is 0 Å². The van der Waals surface area contributed by atoms with Crippen molar-refractivity contribution in [3.05, 3.63) is 35.4 Å². The van der Waals surface area contributed by atoms with Gasteiger partial charge in [-0.05, 0) is 16.5 Å². The van der Waals surface area contributed by atoms with Gasteiger partial charge in [-0.3, -0.25) is 0 Å². The predicted octanol–water partition coefficient (Wildman–Crippen LogP) is 2.42. The molecule has 0 amide bonds. The predicted molar refractivity (Wildman–Crippen MR) is 91.8 cm³/mol. The summed E-state index contributed by atoms with van der Waals surface area (Å²) in [6.45, 7) is 8.54. The quantitative estimate of drug-likeness (QED) is 0.815. The molecule has 0 spiro atoms. The molecule has 0 saturated heterocycles. The standard InChI is InChI=1S/C15H24N2O2S2/c1-5-17(10-14(16)20)21(18,19)11-12-7-6-8-13(9-12)15(2,3)4/h6-9H,5,10-11H2,1-4H3,(H2,16,20). The Hall–Kier alpha value is -0.980. The minimum absolute atomic E-state index is 0.0109. The Morgan fingerprint density at radius 3 is 2.43 bits per heavy atom. The maximum atomic E-state index is 12.4. The fourth-order valence-electron chi connectivity index (χ4n) is 2.01. The highest BCUT2D eigenvalue weighted by atomic mass is 32.2. The third-order valence-electron chi connectivity index (χ3n) is 3.22. The van der Waals surface area contributed by atoms with E-state index in [2.05, 4.69) is 20.8 Å². The molecule has 1 aromatic carbocycles. The van der Waals surface area contributed by atoms with Gasteiger partial charge in [-0.1, -0.05) is 64.2 Å². The number of thiocarbonyl (C=S) groups is 1. The summed E-state index contributed by atoms with van der Waals surface area (Å²) in [5.74, 6) is -0.0344. The summed E-state index contributed by atoms with van der Waals surface area (Å²) in [6.07, 6.45) is 0. The lowest BCUT2D eigenvalue weighted by atomic mass is 9.86. The van der Waals surface area contributed by atoms with Crippen LogP contribution in [0.3, 0.4) is 0 Å². The Balaban J connectivity index is 3.01. The van der Waals surface area contributed by atoms with Gasteiger partial charge in [-0.25, -0.2) is 8.42 Å². The van der Waals surface area contributed by atoms with Crippen molar-refractivity contribution in [1.82, 2.24) is 4.31 Å². The molecule has 1 rings (SSSR count). The Bertz CT molecular complexity index is 604. The number of hydrogen-bond acceptors (Lipinski definition) is 3. The van der Waals surface area contributed by atoms with E-state index in [1.165, 1.54) is 4.31 Å². The van der Waals surface area contributed by atoms with Crippen molar-refractivity contribution in [2.45, 2.75) is 38.9 Å². The second-order valence-corrected chi connectivity index (χ2v) is 8.59. The van der Waals surface area contributed by atoms with Crippen LogP contribution in [0.5, 0.6) is 0 Å². The van der Waals surface area contributed by atoms with E-state index in [1.54, 1.807) is 6.92 Å². The Morgan fingerprint density at radius 2 is 1.95 bits per heavy atom. The normalized spacial score (nSPS) is 12.6. The van der Waals surface area contributed by atoms with E-state index in [-0.39, 0.29) is 22.7 Å². The molecule has 118 valence electrons. The van der Waals surface area contributed by atoms with Crippen LogP contribution in [-0.2, 0) is 21.2 Å². The molecule has 2 N–H and O–H groups in total. The number of hydrogen-bond donors (Lipinski definition) is 1. The van der Waals surface area contributed by atoms with Gasteiger partial charge in [-0.15, -0.1) is 0 Å². The summed E-state index contributed by atoms with van der Waals surface area (Å²) in [7, 11) is -3.42. The maximum absolute atomic E-state index is 12.4. The van der Waals surface area contributed by atoms with Crippen molar-refractivity contribution in [1.29, 1.82) is 0 Å². The van der Waals surface area contributed by atoms with E-state index in [1.807, 2.05) is 24.3 Å². The van der Waals surface area contributed by atoms with Crippen LogP contribution >= 0.6 is 12.2 Å². The zero-order chi connectivity index (χ0) is 16.3. The molecule has 6 heteroatoms. The topological polar surface area (TPSA) is 63.4 Å². The van der Waals surface area contributed by atoms with E-state index in [9.17, 15) is 8.42 Å². The first kappa shape index (κ1) is 18.1. The fraction of sp³-hybridized carbons (Fsp3) is 0.533. The summed E-state index contributed by atoms with van der Waals surface area (Å²) in [6, 6.07) is 7.70. The van der Waals surface area contributed by atoms with E-state index in [0.29, 0.717) is 6.54 Å². The number of likely N-dealkylation sites (N-methyl/N-ethyl adjacent to an activating group) is 1. The SMILES string of the molecule is CCN(CC(N)=S)S(=O)(=O)Cc1cccc(C(C)(C)C)c1. The van der Waals surface area contributed by atoms with Crippen LogP contribution in [0, 0.1) is 0 Å². The first-order valence-corrected chi connectivity index (χ1v) is 8.93. The Labute approximate surface area is 133 Å². The van der Waals surface area contributed by atoms with Crippen LogP contribution in [0.2, 0.25) is 0 Å². The summed E-state index contributed by atoms with van der Waals surface area (Å²) < 4.78 is 26.2. The molecule has 4 nitrogen and oxygen atoms in total. The van der Waals surface area contributed by atoms with Gasteiger partial charge in [-0.2, -0.15) is 4.31 Å². The van der Waals surface area contributed by atoms with E-state index in [4.69, 9.17) is 18.0 Å². The first-order valence-electron chi connectivity index (χ1n) is 6.92. The molecule has 0 heterocycles. The molecule has 0 aliphatic rings. The van der Waals surface area contributed by atoms with Gasteiger partial charge < -0.3 is 5.73 Å². The lowest BCUT2D eigenvalue weighted by Crippen LogP contribution is -2.38. The highest BCUT2D eigenvalue weighted by molar-refractivity contribution is 7.88. The molecule has 0 radical (unpaired) electrons. The molecular formula is C15H24N2O2S2. The summed E-state index contributed by atoms with van der Waals surface area (Å²) in [5.41, 5.74) is 7.35. The van der Waals surface area contributed by atoms with Crippen LogP contribution in [0.1, 0.15) is 38.8 Å².